The van der Waals surface area contributed by atoms with Crippen LogP contribution >= 0.6 is 0 Å². The first-order valence-electron chi connectivity index (χ1n) is 5.34. The van der Waals surface area contributed by atoms with Crippen LogP contribution < -0.4 is 10.1 Å². The summed E-state index contributed by atoms with van der Waals surface area (Å²) >= 11 is 0. The zero-order valence-electron chi connectivity index (χ0n) is 9.60. The minimum absolute atomic E-state index is 0.157. The van der Waals surface area contributed by atoms with Gasteiger partial charge in [-0.2, -0.15) is 5.10 Å². The zero-order valence-corrected chi connectivity index (χ0v) is 9.60. The van der Waals surface area contributed by atoms with Gasteiger partial charge in [-0.3, -0.25) is 5.10 Å². The maximum Gasteiger partial charge on any atom is 0.160 e. The van der Waals surface area contributed by atoms with Crippen molar-refractivity contribution in [1.29, 1.82) is 0 Å². The van der Waals surface area contributed by atoms with Gasteiger partial charge in [0.2, 0.25) is 0 Å². The number of phenolic OH excluding ortho intramolecular Hbond substituents is 1. The van der Waals surface area contributed by atoms with Gasteiger partial charge in [0.15, 0.2) is 11.5 Å². The number of phenols is 1. The highest BCUT2D eigenvalue weighted by molar-refractivity contribution is 5.41. The Labute approximate surface area is 99.4 Å². The van der Waals surface area contributed by atoms with Gasteiger partial charge in [0.1, 0.15) is 0 Å². The second-order valence-electron chi connectivity index (χ2n) is 3.69. The molecule has 0 spiro atoms. The number of benzene rings is 1. The van der Waals surface area contributed by atoms with Crippen molar-refractivity contribution in [2.24, 2.45) is 0 Å². The normalized spacial score (nSPS) is 10.4. The molecule has 0 aliphatic heterocycles. The van der Waals surface area contributed by atoms with Crippen LogP contribution in [0.2, 0.25) is 0 Å². The fourth-order valence-corrected chi connectivity index (χ4v) is 1.56. The number of aromatic amines is 1. The lowest BCUT2D eigenvalue weighted by Crippen LogP contribution is -2.12. The Morgan fingerprint density at radius 1 is 1.35 bits per heavy atom. The Hall–Kier alpha value is -2.01. The van der Waals surface area contributed by atoms with Gasteiger partial charge in [0, 0.05) is 25.0 Å². The number of nitrogens with zero attached hydrogens (tertiary/aromatic N) is 1. The summed E-state index contributed by atoms with van der Waals surface area (Å²) in [6.45, 7) is 1.43. The van der Waals surface area contributed by atoms with E-state index in [0.29, 0.717) is 12.3 Å². The highest BCUT2D eigenvalue weighted by Gasteiger charge is 2.02. The average Bonchev–Trinajstić information content (AvgIpc) is 2.84. The van der Waals surface area contributed by atoms with Crippen molar-refractivity contribution in [2.75, 3.05) is 7.11 Å². The lowest BCUT2D eigenvalue weighted by atomic mass is 10.2. The molecule has 1 aromatic heterocycles. The van der Waals surface area contributed by atoms with Gasteiger partial charge in [-0.25, -0.2) is 0 Å². The van der Waals surface area contributed by atoms with E-state index in [2.05, 4.69) is 15.5 Å². The molecule has 0 saturated heterocycles. The molecule has 2 aromatic rings. The lowest BCUT2D eigenvalue weighted by Gasteiger charge is -2.07. The molecule has 90 valence electrons. The number of H-pyrrole nitrogens is 1. The van der Waals surface area contributed by atoms with Crippen LogP contribution in [-0.2, 0) is 13.1 Å². The summed E-state index contributed by atoms with van der Waals surface area (Å²) < 4.78 is 5.04. The average molecular weight is 233 g/mol. The molecule has 0 unspecified atom stereocenters. The van der Waals surface area contributed by atoms with Crippen molar-refractivity contribution >= 4 is 0 Å². The van der Waals surface area contributed by atoms with E-state index >= 15 is 0 Å². The number of rotatable bonds is 5. The minimum atomic E-state index is 0.157. The summed E-state index contributed by atoms with van der Waals surface area (Å²) in [5.74, 6) is 0.649. The van der Waals surface area contributed by atoms with Crippen LogP contribution in [0.15, 0.2) is 30.5 Å². The van der Waals surface area contributed by atoms with Crippen LogP contribution in [0.4, 0.5) is 0 Å². The molecule has 0 saturated carbocycles. The molecule has 0 fully saturated rings. The summed E-state index contributed by atoms with van der Waals surface area (Å²) in [6.07, 6.45) is 1.72. The van der Waals surface area contributed by atoms with E-state index in [-0.39, 0.29) is 5.75 Å². The number of hydrogen-bond donors (Lipinski definition) is 3. The third-order valence-electron chi connectivity index (χ3n) is 2.45. The molecule has 1 heterocycles. The van der Waals surface area contributed by atoms with Crippen molar-refractivity contribution in [3.8, 4) is 11.5 Å². The predicted octanol–water partition coefficient (Wildman–Crippen LogP) is 1.41. The first-order chi connectivity index (χ1) is 8.29. The van der Waals surface area contributed by atoms with Crippen LogP contribution in [0.1, 0.15) is 11.3 Å². The Kier molecular flexibility index (Phi) is 3.62. The van der Waals surface area contributed by atoms with Gasteiger partial charge in [0.25, 0.3) is 0 Å². The van der Waals surface area contributed by atoms with Gasteiger partial charge < -0.3 is 15.2 Å². The van der Waals surface area contributed by atoms with E-state index in [0.717, 1.165) is 17.8 Å². The monoisotopic (exact) mass is 233 g/mol. The van der Waals surface area contributed by atoms with Gasteiger partial charge >= 0.3 is 0 Å². The smallest absolute Gasteiger partial charge is 0.160 e. The first-order valence-corrected chi connectivity index (χ1v) is 5.34. The van der Waals surface area contributed by atoms with Crippen LogP contribution in [0.5, 0.6) is 11.5 Å². The van der Waals surface area contributed by atoms with Crippen LogP contribution in [0.25, 0.3) is 0 Å². The summed E-state index contributed by atoms with van der Waals surface area (Å²) in [5.41, 5.74) is 2.09. The summed E-state index contributed by atoms with van der Waals surface area (Å²) in [5, 5.41) is 19.5. The number of aromatic nitrogens is 2. The van der Waals surface area contributed by atoms with Crippen molar-refractivity contribution in [1.82, 2.24) is 15.5 Å². The van der Waals surface area contributed by atoms with Crippen molar-refractivity contribution in [2.45, 2.75) is 13.1 Å². The first kappa shape index (κ1) is 11.5. The van der Waals surface area contributed by atoms with Gasteiger partial charge in [-0.05, 0) is 23.8 Å². The molecule has 17 heavy (non-hydrogen) atoms. The molecule has 5 nitrogen and oxygen atoms in total. The lowest BCUT2D eigenvalue weighted by molar-refractivity contribution is 0.372. The number of nitrogens with one attached hydrogen (secondary N) is 2. The predicted molar refractivity (Wildman–Crippen MR) is 63.8 cm³/mol. The number of ether oxygens (including phenoxy) is 1. The topological polar surface area (TPSA) is 70.2 Å². The molecule has 0 atom stereocenters. The molecule has 0 amide bonds. The molecule has 0 radical (unpaired) electrons. The van der Waals surface area contributed by atoms with Gasteiger partial charge in [0.05, 0.1) is 7.11 Å². The third kappa shape index (κ3) is 2.98. The molecular weight excluding hydrogens is 218 g/mol. The standard InChI is InChI=1S/C12H15N3O2/c1-17-12-6-9(2-3-11(12)16)7-13-8-10-4-5-14-15-10/h2-6,13,16H,7-8H2,1H3,(H,14,15). The fraction of sp³-hybridized carbons (Fsp3) is 0.250. The largest absolute Gasteiger partial charge is 0.504 e. The molecule has 0 bridgehead atoms. The molecule has 2 rings (SSSR count). The van der Waals surface area contributed by atoms with Crippen molar-refractivity contribution < 1.29 is 9.84 Å². The van der Waals surface area contributed by atoms with E-state index in [9.17, 15) is 5.11 Å². The summed E-state index contributed by atoms with van der Waals surface area (Å²) in [6, 6.07) is 7.23. The maximum absolute atomic E-state index is 9.45. The van der Waals surface area contributed by atoms with E-state index in [1.807, 2.05) is 18.2 Å². The Morgan fingerprint density at radius 2 is 2.24 bits per heavy atom. The van der Waals surface area contributed by atoms with Crippen molar-refractivity contribution in [3.05, 3.63) is 41.7 Å². The van der Waals surface area contributed by atoms with E-state index in [1.165, 1.54) is 7.11 Å². The quantitative estimate of drug-likeness (QED) is 0.730. The molecule has 5 heteroatoms. The Bertz CT molecular complexity index is 469. The third-order valence-corrected chi connectivity index (χ3v) is 2.45. The molecule has 0 aliphatic carbocycles. The Morgan fingerprint density at radius 3 is 2.94 bits per heavy atom. The highest BCUT2D eigenvalue weighted by atomic mass is 16.5. The van der Waals surface area contributed by atoms with Gasteiger partial charge in [-0.15, -0.1) is 0 Å². The minimum Gasteiger partial charge on any atom is -0.504 e. The zero-order chi connectivity index (χ0) is 12.1. The van der Waals surface area contributed by atoms with E-state index in [1.54, 1.807) is 12.3 Å². The number of aromatic hydroxyl groups is 1. The number of hydrogen-bond acceptors (Lipinski definition) is 4. The second-order valence-corrected chi connectivity index (χ2v) is 3.69. The van der Waals surface area contributed by atoms with Crippen molar-refractivity contribution in [3.63, 3.8) is 0 Å². The van der Waals surface area contributed by atoms with E-state index in [4.69, 9.17) is 4.74 Å². The summed E-state index contributed by atoms with van der Waals surface area (Å²) in [4.78, 5) is 0. The molecule has 1 aromatic carbocycles. The van der Waals surface area contributed by atoms with Gasteiger partial charge in [-0.1, -0.05) is 6.07 Å². The SMILES string of the molecule is COc1cc(CNCc2ccn[nH]2)ccc1O. The van der Waals surface area contributed by atoms with Crippen LogP contribution in [-0.4, -0.2) is 22.4 Å². The van der Waals surface area contributed by atoms with Crippen LogP contribution in [0, 0.1) is 0 Å². The van der Waals surface area contributed by atoms with Crippen LogP contribution in [0.3, 0.4) is 0 Å². The molecule has 3 N–H and O–H groups in total. The maximum atomic E-state index is 9.45. The number of methoxy groups -OCH3 is 1. The Balaban J connectivity index is 1.90. The summed E-state index contributed by atoms with van der Waals surface area (Å²) in [7, 11) is 1.54. The fourth-order valence-electron chi connectivity index (χ4n) is 1.56. The molecular formula is C12H15N3O2. The van der Waals surface area contributed by atoms with E-state index < -0.39 is 0 Å². The highest BCUT2D eigenvalue weighted by Crippen LogP contribution is 2.26. The molecule has 0 aliphatic rings. The second kappa shape index (κ2) is 5.36.